The predicted molar refractivity (Wildman–Crippen MR) is 86.6 cm³/mol. The van der Waals surface area contributed by atoms with Gasteiger partial charge >= 0.3 is 0 Å². The molecule has 2 nitrogen and oxygen atoms in total. The van der Waals surface area contributed by atoms with Crippen molar-refractivity contribution in [2.24, 2.45) is 5.41 Å². The Morgan fingerprint density at radius 2 is 1.94 bits per heavy atom. The van der Waals surface area contributed by atoms with Gasteiger partial charge in [-0.05, 0) is 38.1 Å². The molecule has 0 rings (SSSR count). The smallest absolute Gasteiger partial charge is 0.0180 e. The standard InChI is InChI=1S/C15H34N2S/c1-7-10-15(4,12-16-9-3)13-17(5)14(8-2)11-18-6/h14,16H,7-13H2,1-6H3. The van der Waals surface area contributed by atoms with Crippen LogP contribution in [0, 0.1) is 5.41 Å². The number of thioether (sulfide) groups is 1. The van der Waals surface area contributed by atoms with Gasteiger partial charge in [-0.2, -0.15) is 11.8 Å². The lowest BCUT2D eigenvalue weighted by molar-refractivity contribution is 0.142. The molecular weight excluding hydrogens is 240 g/mol. The summed E-state index contributed by atoms with van der Waals surface area (Å²) >= 11 is 1.96. The van der Waals surface area contributed by atoms with Gasteiger partial charge in [-0.15, -0.1) is 0 Å². The molecular formula is C15H34N2S. The highest BCUT2D eigenvalue weighted by atomic mass is 32.2. The fourth-order valence-corrected chi connectivity index (χ4v) is 3.61. The number of nitrogens with one attached hydrogen (secondary N) is 1. The fraction of sp³-hybridized carbons (Fsp3) is 1.00. The molecule has 2 atom stereocenters. The van der Waals surface area contributed by atoms with E-state index in [1.165, 1.54) is 31.6 Å². The maximum atomic E-state index is 3.54. The van der Waals surface area contributed by atoms with Crippen LogP contribution in [0.3, 0.4) is 0 Å². The van der Waals surface area contributed by atoms with E-state index >= 15 is 0 Å². The molecule has 0 saturated heterocycles. The van der Waals surface area contributed by atoms with Crippen LogP contribution in [0.15, 0.2) is 0 Å². The van der Waals surface area contributed by atoms with Gasteiger partial charge in [0.2, 0.25) is 0 Å². The third kappa shape index (κ3) is 7.01. The molecule has 0 radical (unpaired) electrons. The normalized spacial score (nSPS) is 16.8. The quantitative estimate of drug-likeness (QED) is 0.621. The molecule has 0 saturated carbocycles. The van der Waals surface area contributed by atoms with Gasteiger partial charge < -0.3 is 10.2 Å². The van der Waals surface area contributed by atoms with Gasteiger partial charge in [0.05, 0.1) is 0 Å². The van der Waals surface area contributed by atoms with Crippen molar-refractivity contribution in [1.82, 2.24) is 10.2 Å². The van der Waals surface area contributed by atoms with E-state index in [9.17, 15) is 0 Å². The van der Waals surface area contributed by atoms with Gasteiger partial charge in [0, 0.05) is 24.9 Å². The summed E-state index contributed by atoms with van der Waals surface area (Å²) in [5.41, 5.74) is 0.408. The van der Waals surface area contributed by atoms with Crippen LogP contribution in [-0.2, 0) is 0 Å². The van der Waals surface area contributed by atoms with Crippen LogP contribution < -0.4 is 5.32 Å². The SMILES string of the molecule is CCCC(C)(CNCC)CN(C)C(CC)CSC. The Labute approximate surface area is 119 Å². The highest BCUT2D eigenvalue weighted by Gasteiger charge is 2.26. The Kier molecular flexibility index (Phi) is 10.3. The number of nitrogens with zero attached hydrogens (tertiary/aromatic N) is 1. The molecule has 0 aromatic carbocycles. The molecule has 3 heteroatoms. The van der Waals surface area contributed by atoms with Crippen LogP contribution in [-0.4, -0.2) is 49.6 Å². The van der Waals surface area contributed by atoms with Gasteiger partial charge in [-0.3, -0.25) is 0 Å². The van der Waals surface area contributed by atoms with E-state index in [0.29, 0.717) is 5.41 Å². The van der Waals surface area contributed by atoms with Crippen LogP contribution in [0.25, 0.3) is 0 Å². The lowest BCUT2D eigenvalue weighted by Crippen LogP contribution is -2.45. The zero-order valence-corrected chi connectivity index (χ0v) is 14.2. The van der Waals surface area contributed by atoms with Gasteiger partial charge in [-0.25, -0.2) is 0 Å². The lowest BCUT2D eigenvalue weighted by Gasteiger charge is -2.37. The average molecular weight is 275 g/mol. The van der Waals surface area contributed by atoms with E-state index in [-0.39, 0.29) is 0 Å². The van der Waals surface area contributed by atoms with Crippen molar-refractivity contribution < 1.29 is 0 Å². The fourth-order valence-electron chi connectivity index (χ4n) is 2.73. The van der Waals surface area contributed by atoms with Crippen LogP contribution in [0.5, 0.6) is 0 Å². The third-order valence-electron chi connectivity index (χ3n) is 3.74. The van der Waals surface area contributed by atoms with Crippen molar-refractivity contribution in [2.45, 2.75) is 53.0 Å². The molecule has 0 aromatic rings. The molecule has 2 unspecified atom stereocenters. The summed E-state index contributed by atoms with van der Waals surface area (Å²) in [6, 6.07) is 0.720. The maximum Gasteiger partial charge on any atom is 0.0180 e. The first kappa shape index (κ1) is 18.3. The Hall–Kier alpha value is 0.270. The minimum Gasteiger partial charge on any atom is -0.316 e. The summed E-state index contributed by atoms with van der Waals surface area (Å²) in [7, 11) is 2.30. The first-order chi connectivity index (χ1) is 8.52. The van der Waals surface area contributed by atoms with Crippen LogP contribution in [0.2, 0.25) is 0 Å². The second-order valence-corrected chi connectivity index (χ2v) is 6.68. The first-order valence-electron chi connectivity index (χ1n) is 7.42. The highest BCUT2D eigenvalue weighted by molar-refractivity contribution is 7.98. The molecule has 0 fully saturated rings. The third-order valence-corrected chi connectivity index (χ3v) is 4.46. The average Bonchev–Trinajstić information content (AvgIpc) is 2.33. The summed E-state index contributed by atoms with van der Waals surface area (Å²) in [6.45, 7) is 12.6. The summed E-state index contributed by atoms with van der Waals surface area (Å²) < 4.78 is 0. The molecule has 0 heterocycles. The molecule has 0 aliphatic rings. The largest absolute Gasteiger partial charge is 0.316 e. The van der Waals surface area contributed by atoms with Crippen molar-refractivity contribution in [2.75, 3.05) is 38.7 Å². The second-order valence-electron chi connectivity index (χ2n) is 5.77. The van der Waals surface area contributed by atoms with Gasteiger partial charge in [0.25, 0.3) is 0 Å². The Morgan fingerprint density at radius 3 is 2.39 bits per heavy atom. The van der Waals surface area contributed by atoms with Crippen molar-refractivity contribution >= 4 is 11.8 Å². The zero-order chi connectivity index (χ0) is 14.0. The van der Waals surface area contributed by atoms with Crippen molar-refractivity contribution in [1.29, 1.82) is 0 Å². The number of hydrogen-bond donors (Lipinski definition) is 1. The molecule has 0 aliphatic heterocycles. The predicted octanol–water partition coefficient (Wildman–Crippen LogP) is 3.48. The summed E-state index contributed by atoms with van der Waals surface area (Å²) in [6.07, 6.45) is 6.04. The Bertz CT molecular complexity index is 199. The van der Waals surface area contributed by atoms with Crippen molar-refractivity contribution in [3.8, 4) is 0 Å². The van der Waals surface area contributed by atoms with Crippen LogP contribution in [0.4, 0.5) is 0 Å². The van der Waals surface area contributed by atoms with Crippen molar-refractivity contribution in [3.63, 3.8) is 0 Å². The highest BCUT2D eigenvalue weighted by Crippen LogP contribution is 2.25. The van der Waals surface area contributed by atoms with E-state index in [2.05, 4.69) is 51.2 Å². The Balaban J connectivity index is 4.44. The molecule has 0 bridgehead atoms. The van der Waals surface area contributed by atoms with E-state index in [0.717, 1.165) is 19.1 Å². The molecule has 0 spiro atoms. The van der Waals surface area contributed by atoms with Gasteiger partial charge in [-0.1, -0.05) is 34.1 Å². The van der Waals surface area contributed by atoms with Crippen LogP contribution >= 0.6 is 11.8 Å². The van der Waals surface area contributed by atoms with E-state index < -0.39 is 0 Å². The summed E-state index contributed by atoms with van der Waals surface area (Å²) in [4.78, 5) is 2.57. The number of hydrogen-bond acceptors (Lipinski definition) is 3. The maximum absolute atomic E-state index is 3.54. The summed E-state index contributed by atoms with van der Waals surface area (Å²) in [5, 5.41) is 3.54. The first-order valence-corrected chi connectivity index (χ1v) is 8.82. The van der Waals surface area contributed by atoms with Crippen molar-refractivity contribution in [3.05, 3.63) is 0 Å². The monoisotopic (exact) mass is 274 g/mol. The minimum atomic E-state index is 0.408. The molecule has 110 valence electrons. The molecule has 0 amide bonds. The van der Waals surface area contributed by atoms with E-state index in [4.69, 9.17) is 0 Å². The molecule has 1 N–H and O–H groups in total. The van der Waals surface area contributed by atoms with E-state index in [1.807, 2.05) is 11.8 Å². The van der Waals surface area contributed by atoms with Crippen LogP contribution in [0.1, 0.15) is 47.0 Å². The molecule has 0 aromatic heterocycles. The lowest BCUT2D eigenvalue weighted by atomic mass is 9.84. The Morgan fingerprint density at radius 1 is 1.28 bits per heavy atom. The molecule has 0 aliphatic carbocycles. The zero-order valence-electron chi connectivity index (χ0n) is 13.4. The molecule has 18 heavy (non-hydrogen) atoms. The van der Waals surface area contributed by atoms with E-state index in [1.54, 1.807) is 0 Å². The minimum absolute atomic E-state index is 0.408. The summed E-state index contributed by atoms with van der Waals surface area (Å²) in [5.74, 6) is 1.25. The van der Waals surface area contributed by atoms with Gasteiger partial charge in [0.1, 0.15) is 0 Å². The van der Waals surface area contributed by atoms with Gasteiger partial charge in [0.15, 0.2) is 0 Å². The topological polar surface area (TPSA) is 15.3 Å². The number of rotatable bonds is 11. The second kappa shape index (κ2) is 10.1.